The fourth-order valence-electron chi connectivity index (χ4n) is 2.66. The number of carbonyl (C=O) groups excluding carboxylic acids is 3. The van der Waals surface area contributed by atoms with Crippen LogP contribution in [0.1, 0.15) is 34.3 Å². The molecule has 128 valence electrons. The van der Waals surface area contributed by atoms with E-state index in [2.05, 4.69) is 5.32 Å². The number of halogens is 1. The minimum atomic E-state index is -0.273. The topological polar surface area (TPSA) is 66.5 Å². The van der Waals surface area contributed by atoms with Crippen LogP contribution in [0, 0.1) is 6.92 Å². The molecule has 0 atom stereocenters. The van der Waals surface area contributed by atoms with Crippen LogP contribution in [-0.2, 0) is 16.1 Å². The van der Waals surface area contributed by atoms with Gasteiger partial charge < -0.3 is 5.32 Å². The van der Waals surface area contributed by atoms with Gasteiger partial charge in [-0.25, -0.2) is 0 Å². The van der Waals surface area contributed by atoms with E-state index in [9.17, 15) is 14.4 Å². The second kappa shape index (κ2) is 7.07. The zero-order valence-electron chi connectivity index (χ0n) is 13.7. The number of likely N-dealkylation sites (tertiary alicyclic amines) is 1. The summed E-state index contributed by atoms with van der Waals surface area (Å²) in [5.41, 5.74) is 2.83. The Balaban J connectivity index is 1.68. The van der Waals surface area contributed by atoms with E-state index in [-0.39, 0.29) is 37.1 Å². The zero-order valence-corrected chi connectivity index (χ0v) is 14.5. The summed E-state index contributed by atoms with van der Waals surface area (Å²) in [6.07, 6.45) is 0.549. The van der Waals surface area contributed by atoms with Gasteiger partial charge >= 0.3 is 0 Å². The minimum Gasteiger partial charge on any atom is -0.321 e. The Labute approximate surface area is 150 Å². The lowest BCUT2D eigenvalue weighted by Gasteiger charge is -2.14. The quantitative estimate of drug-likeness (QED) is 0.852. The average Bonchev–Trinajstić information content (AvgIpc) is 2.90. The molecule has 3 rings (SSSR count). The first-order chi connectivity index (χ1) is 11.9. The van der Waals surface area contributed by atoms with E-state index in [1.807, 2.05) is 13.0 Å². The molecule has 2 aromatic rings. The molecule has 0 radical (unpaired) electrons. The summed E-state index contributed by atoms with van der Waals surface area (Å²) in [4.78, 5) is 36.9. The van der Waals surface area contributed by atoms with Crippen molar-refractivity contribution in [1.82, 2.24) is 4.90 Å². The zero-order chi connectivity index (χ0) is 18.0. The summed E-state index contributed by atoms with van der Waals surface area (Å²) in [6.45, 7) is 2.16. The van der Waals surface area contributed by atoms with Crippen LogP contribution >= 0.6 is 11.6 Å². The van der Waals surface area contributed by atoms with E-state index in [1.165, 1.54) is 4.90 Å². The Bertz CT molecular complexity index is 830. The second-order valence-electron chi connectivity index (χ2n) is 6.01. The molecule has 0 bridgehead atoms. The van der Waals surface area contributed by atoms with Gasteiger partial charge in [0.1, 0.15) is 0 Å². The van der Waals surface area contributed by atoms with Crippen molar-refractivity contribution in [1.29, 1.82) is 0 Å². The van der Waals surface area contributed by atoms with Gasteiger partial charge in [-0.15, -0.1) is 0 Å². The van der Waals surface area contributed by atoms with Gasteiger partial charge in [0.25, 0.3) is 5.91 Å². The van der Waals surface area contributed by atoms with Crippen molar-refractivity contribution in [2.24, 2.45) is 0 Å². The predicted molar refractivity (Wildman–Crippen MR) is 95.4 cm³/mol. The fraction of sp³-hybridized carbons (Fsp3) is 0.211. The first kappa shape index (κ1) is 17.2. The molecule has 1 heterocycles. The van der Waals surface area contributed by atoms with Gasteiger partial charge in [-0.05, 0) is 42.3 Å². The molecule has 2 aromatic carbocycles. The molecule has 1 fully saturated rings. The van der Waals surface area contributed by atoms with Crippen LogP contribution in [0.25, 0.3) is 0 Å². The molecule has 1 N–H and O–H groups in total. The lowest BCUT2D eigenvalue weighted by molar-refractivity contribution is -0.139. The summed E-state index contributed by atoms with van der Waals surface area (Å²) in [6, 6.07) is 12.2. The van der Waals surface area contributed by atoms with Gasteiger partial charge in [0.15, 0.2) is 0 Å². The number of carbonyl (C=O) groups is 3. The third-order valence-corrected chi connectivity index (χ3v) is 4.40. The first-order valence-corrected chi connectivity index (χ1v) is 8.31. The molecule has 0 spiro atoms. The number of nitrogens with one attached hydrogen (secondary N) is 1. The number of imide groups is 1. The Kier molecular flexibility index (Phi) is 4.86. The van der Waals surface area contributed by atoms with Crippen LogP contribution in [0.4, 0.5) is 5.69 Å². The molecular formula is C19H17ClN2O3. The van der Waals surface area contributed by atoms with Crippen molar-refractivity contribution in [2.45, 2.75) is 26.3 Å². The number of amides is 3. The van der Waals surface area contributed by atoms with Gasteiger partial charge in [-0.3, -0.25) is 19.3 Å². The van der Waals surface area contributed by atoms with E-state index >= 15 is 0 Å². The maximum Gasteiger partial charge on any atom is 0.255 e. The number of aryl methyl sites for hydroxylation is 1. The number of rotatable bonds is 4. The minimum absolute atomic E-state index is 0.152. The molecule has 3 amide bonds. The van der Waals surface area contributed by atoms with Crippen LogP contribution in [0.2, 0.25) is 5.02 Å². The monoisotopic (exact) mass is 356 g/mol. The Morgan fingerprint density at radius 2 is 1.72 bits per heavy atom. The van der Waals surface area contributed by atoms with Crippen molar-refractivity contribution in [3.8, 4) is 0 Å². The number of nitrogens with zero attached hydrogens (tertiary/aromatic N) is 1. The van der Waals surface area contributed by atoms with E-state index in [1.54, 1.807) is 36.4 Å². The van der Waals surface area contributed by atoms with E-state index in [0.29, 0.717) is 16.3 Å². The third kappa shape index (κ3) is 3.88. The van der Waals surface area contributed by atoms with Gasteiger partial charge in [0, 0.05) is 18.4 Å². The fourth-order valence-corrected chi connectivity index (χ4v) is 2.94. The maximum atomic E-state index is 12.3. The van der Waals surface area contributed by atoms with E-state index in [0.717, 1.165) is 11.1 Å². The number of hydrogen-bond acceptors (Lipinski definition) is 3. The highest BCUT2D eigenvalue weighted by molar-refractivity contribution is 6.34. The summed E-state index contributed by atoms with van der Waals surface area (Å²) in [5, 5.41) is 3.25. The molecule has 5 nitrogen and oxygen atoms in total. The highest BCUT2D eigenvalue weighted by atomic mass is 35.5. The summed E-state index contributed by atoms with van der Waals surface area (Å²) < 4.78 is 0. The Morgan fingerprint density at radius 3 is 2.32 bits per heavy atom. The Morgan fingerprint density at radius 1 is 1.08 bits per heavy atom. The van der Waals surface area contributed by atoms with Crippen LogP contribution in [-0.4, -0.2) is 22.6 Å². The van der Waals surface area contributed by atoms with Crippen LogP contribution in [0.15, 0.2) is 42.5 Å². The summed E-state index contributed by atoms with van der Waals surface area (Å²) >= 11 is 6.12. The molecule has 6 heteroatoms. The van der Waals surface area contributed by atoms with Gasteiger partial charge in [0.2, 0.25) is 11.8 Å². The van der Waals surface area contributed by atoms with Crippen molar-refractivity contribution in [3.05, 3.63) is 64.2 Å². The van der Waals surface area contributed by atoms with Gasteiger partial charge in [-0.2, -0.15) is 0 Å². The lowest BCUT2D eigenvalue weighted by atomic mass is 10.1. The highest BCUT2D eigenvalue weighted by Crippen LogP contribution is 2.23. The van der Waals surface area contributed by atoms with Gasteiger partial charge in [-0.1, -0.05) is 29.8 Å². The van der Waals surface area contributed by atoms with Crippen molar-refractivity contribution < 1.29 is 14.4 Å². The molecule has 0 aromatic heterocycles. The van der Waals surface area contributed by atoms with Crippen molar-refractivity contribution in [2.75, 3.05) is 5.32 Å². The predicted octanol–water partition coefficient (Wildman–Crippen LogP) is 3.55. The van der Waals surface area contributed by atoms with Crippen LogP contribution in [0.5, 0.6) is 0 Å². The smallest absolute Gasteiger partial charge is 0.255 e. The molecule has 0 aliphatic carbocycles. The standard InChI is InChI=1S/C19H17ClN2O3/c1-12-2-7-16(15(20)10-12)21-19(25)14-5-3-13(4-6-14)11-22-17(23)8-9-18(22)24/h2-7,10H,8-9,11H2,1H3,(H,21,25). The summed E-state index contributed by atoms with van der Waals surface area (Å²) in [7, 11) is 0. The molecular weight excluding hydrogens is 340 g/mol. The van der Waals surface area contributed by atoms with Crippen molar-refractivity contribution in [3.63, 3.8) is 0 Å². The Hall–Kier alpha value is -2.66. The van der Waals surface area contributed by atoms with E-state index in [4.69, 9.17) is 11.6 Å². The second-order valence-corrected chi connectivity index (χ2v) is 6.42. The van der Waals surface area contributed by atoms with Crippen LogP contribution in [0.3, 0.4) is 0 Å². The normalized spacial score (nSPS) is 14.1. The SMILES string of the molecule is Cc1ccc(NC(=O)c2ccc(CN3C(=O)CCC3=O)cc2)c(Cl)c1. The average molecular weight is 357 g/mol. The first-order valence-electron chi connectivity index (χ1n) is 7.93. The molecule has 1 saturated heterocycles. The molecule has 1 aliphatic rings. The molecule has 25 heavy (non-hydrogen) atoms. The number of hydrogen-bond donors (Lipinski definition) is 1. The van der Waals surface area contributed by atoms with Crippen LogP contribution < -0.4 is 5.32 Å². The highest BCUT2D eigenvalue weighted by Gasteiger charge is 2.28. The largest absolute Gasteiger partial charge is 0.321 e. The number of benzene rings is 2. The molecule has 0 unspecified atom stereocenters. The molecule has 1 aliphatic heterocycles. The lowest BCUT2D eigenvalue weighted by Crippen LogP contribution is -2.28. The maximum absolute atomic E-state index is 12.3. The summed E-state index contributed by atoms with van der Waals surface area (Å²) in [5.74, 6) is -0.577. The third-order valence-electron chi connectivity index (χ3n) is 4.08. The van der Waals surface area contributed by atoms with Gasteiger partial charge in [0.05, 0.1) is 17.3 Å². The molecule has 0 saturated carbocycles. The van der Waals surface area contributed by atoms with Crippen molar-refractivity contribution >= 4 is 35.0 Å². The number of anilines is 1. The van der Waals surface area contributed by atoms with E-state index < -0.39 is 0 Å².